The molecule has 7 nitrogen and oxygen atoms in total. The summed E-state index contributed by atoms with van der Waals surface area (Å²) in [5.74, 6) is 0.907. The second kappa shape index (κ2) is 7.40. The van der Waals surface area contributed by atoms with Crippen LogP contribution < -0.4 is 15.0 Å². The molecule has 8 heteroatoms. The van der Waals surface area contributed by atoms with Gasteiger partial charge in [0, 0.05) is 43.7 Å². The quantitative estimate of drug-likeness (QED) is 0.638. The van der Waals surface area contributed by atoms with Gasteiger partial charge in [-0.1, -0.05) is 0 Å². The lowest BCUT2D eigenvalue weighted by Gasteiger charge is -2.29. The molecule has 0 saturated carbocycles. The minimum Gasteiger partial charge on any atom is -0.453 e. The van der Waals surface area contributed by atoms with Gasteiger partial charge in [0.05, 0.1) is 6.10 Å². The molecule has 1 aliphatic rings. The molecule has 3 N–H and O–H groups in total. The average molecular weight is 371 g/mol. The molecule has 0 unspecified atom stereocenters. The Morgan fingerprint density at radius 1 is 1.30 bits per heavy atom. The van der Waals surface area contributed by atoms with Gasteiger partial charge >= 0.3 is 0 Å². The van der Waals surface area contributed by atoms with Crippen molar-refractivity contribution in [3.63, 3.8) is 0 Å². The summed E-state index contributed by atoms with van der Waals surface area (Å²) in [5, 5.41) is 20.8. The molecule has 0 atom stereocenters. The van der Waals surface area contributed by atoms with Crippen LogP contribution in [0.2, 0.25) is 0 Å². The molecular weight excluding hydrogens is 349 g/mol. The third kappa shape index (κ3) is 3.52. The number of anilines is 2. The predicted octanol–water partition coefficient (Wildman–Crippen LogP) is 3.28. The molecule has 0 amide bonds. The number of hydrogen-bond acceptors (Lipinski definition) is 6. The minimum absolute atomic E-state index is 0.144. The maximum absolute atomic E-state index is 14.4. The number of aliphatic hydroxyl groups excluding tert-OH is 1. The standard InChI is InChI=1S/C19H22FN5O2/c1-2-21-12-3-4-15(14(20)11-12)27-16-5-8-22-18-17(16)19(24-23-18)25-9-6-13(26)7-10-25/h3-5,8,11,13,21,26H,2,6-7,9-10H2,1H3,(H,22,23,24). The molecule has 142 valence electrons. The third-order valence-corrected chi connectivity index (χ3v) is 4.70. The number of benzene rings is 1. The summed E-state index contributed by atoms with van der Waals surface area (Å²) in [5.41, 5.74) is 1.29. The van der Waals surface area contributed by atoms with Crippen LogP contribution in [-0.2, 0) is 0 Å². The van der Waals surface area contributed by atoms with Gasteiger partial charge in [-0.3, -0.25) is 5.10 Å². The highest BCUT2D eigenvalue weighted by molar-refractivity contribution is 5.93. The molecule has 2 aromatic heterocycles. The normalized spacial score (nSPS) is 15.3. The van der Waals surface area contributed by atoms with E-state index < -0.39 is 5.82 Å². The van der Waals surface area contributed by atoms with E-state index in [9.17, 15) is 9.50 Å². The van der Waals surface area contributed by atoms with E-state index in [0.29, 0.717) is 60.8 Å². The van der Waals surface area contributed by atoms with Crippen molar-refractivity contribution in [1.82, 2.24) is 15.2 Å². The second-order valence-electron chi connectivity index (χ2n) is 6.58. The highest BCUT2D eigenvalue weighted by atomic mass is 19.1. The largest absolute Gasteiger partial charge is 0.453 e. The van der Waals surface area contributed by atoms with E-state index in [1.54, 1.807) is 24.4 Å². The van der Waals surface area contributed by atoms with Gasteiger partial charge in [-0.15, -0.1) is 0 Å². The molecule has 0 spiro atoms. The maximum Gasteiger partial charge on any atom is 0.167 e. The van der Waals surface area contributed by atoms with Crippen LogP contribution in [0.3, 0.4) is 0 Å². The summed E-state index contributed by atoms with van der Waals surface area (Å²) in [6.45, 7) is 4.06. The van der Waals surface area contributed by atoms with Crippen molar-refractivity contribution in [2.45, 2.75) is 25.9 Å². The fourth-order valence-electron chi connectivity index (χ4n) is 3.31. The van der Waals surface area contributed by atoms with Crippen molar-refractivity contribution >= 4 is 22.5 Å². The van der Waals surface area contributed by atoms with Crippen molar-refractivity contribution in [2.24, 2.45) is 0 Å². The van der Waals surface area contributed by atoms with Crippen molar-refractivity contribution in [2.75, 3.05) is 29.9 Å². The van der Waals surface area contributed by atoms with Gasteiger partial charge in [0.1, 0.15) is 11.1 Å². The van der Waals surface area contributed by atoms with E-state index in [2.05, 4.69) is 25.4 Å². The van der Waals surface area contributed by atoms with E-state index in [1.807, 2.05) is 6.92 Å². The third-order valence-electron chi connectivity index (χ3n) is 4.70. The van der Waals surface area contributed by atoms with Gasteiger partial charge in [-0.2, -0.15) is 5.10 Å². The maximum atomic E-state index is 14.4. The molecule has 1 aliphatic heterocycles. The van der Waals surface area contributed by atoms with E-state index in [0.717, 1.165) is 0 Å². The van der Waals surface area contributed by atoms with E-state index in [4.69, 9.17) is 4.74 Å². The van der Waals surface area contributed by atoms with Crippen LogP contribution in [0.15, 0.2) is 30.5 Å². The lowest BCUT2D eigenvalue weighted by atomic mass is 10.1. The number of aromatic amines is 1. The molecule has 27 heavy (non-hydrogen) atoms. The zero-order chi connectivity index (χ0) is 18.8. The van der Waals surface area contributed by atoms with Gasteiger partial charge in [0.25, 0.3) is 0 Å². The van der Waals surface area contributed by atoms with Crippen LogP contribution in [0, 0.1) is 5.82 Å². The number of rotatable bonds is 5. The Bertz CT molecular complexity index is 937. The monoisotopic (exact) mass is 371 g/mol. The Kier molecular flexibility index (Phi) is 4.81. The molecule has 0 aliphatic carbocycles. The number of pyridine rings is 1. The number of fused-ring (bicyclic) bond motifs is 1. The average Bonchev–Trinajstić information content (AvgIpc) is 3.10. The topological polar surface area (TPSA) is 86.3 Å². The fourth-order valence-corrected chi connectivity index (χ4v) is 3.31. The fraction of sp³-hybridized carbons (Fsp3) is 0.368. The van der Waals surface area contributed by atoms with Crippen LogP contribution >= 0.6 is 0 Å². The smallest absolute Gasteiger partial charge is 0.167 e. The summed E-state index contributed by atoms with van der Waals surface area (Å²) >= 11 is 0. The summed E-state index contributed by atoms with van der Waals surface area (Å²) in [4.78, 5) is 6.38. The Morgan fingerprint density at radius 2 is 2.11 bits per heavy atom. The first-order chi connectivity index (χ1) is 13.2. The molecule has 1 fully saturated rings. The van der Waals surface area contributed by atoms with Crippen LogP contribution in [-0.4, -0.2) is 46.0 Å². The Hall–Kier alpha value is -2.87. The Balaban J connectivity index is 1.67. The molecule has 3 aromatic rings. The summed E-state index contributed by atoms with van der Waals surface area (Å²) < 4.78 is 20.3. The molecule has 3 heterocycles. The first-order valence-electron chi connectivity index (χ1n) is 9.13. The molecule has 0 radical (unpaired) electrons. The summed E-state index contributed by atoms with van der Waals surface area (Å²) in [6, 6.07) is 6.51. The Labute approximate surface area is 156 Å². The number of piperidine rings is 1. The van der Waals surface area contributed by atoms with Crippen molar-refractivity contribution in [3.8, 4) is 11.5 Å². The highest BCUT2D eigenvalue weighted by Crippen LogP contribution is 2.36. The predicted molar refractivity (Wildman–Crippen MR) is 102 cm³/mol. The second-order valence-corrected chi connectivity index (χ2v) is 6.58. The minimum atomic E-state index is -0.440. The van der Waals surface area contributed by atoms with Crippen molar-refractivity contribution < 1.29 is 14.2 Å². The van der Waals surface area contributed by atoms with Gasteiger partial charge in [-0.05, 0) is 31.9 Å². The summed E-state index contributed by atoms with van der Waals surface area (Å²) in [6.07, 6.45) is 2.70. The number of aromatic nitrogens is 3. The Morgan fingerprint density at radius 3 is 2.85 bits per heavy atom. The zero-order valence-corrected chi connectivity index (χ0v) is 15.1. The molecule has 1 aromatic carbocycles. The SMILES string of the molecule is CCNc1ccc(Oc2ccnc3[nH]nc(N4CCC(O)CC4)c23)c(F)c1. The van der Waals surface area contributed by atoms with Gasteiger partial charge in [0.15, 0.2) is 23.0 Å². The van der Waals surface area contributed by atoms with Crippen molar-refractivity contribution in [1.29, 1.82) is 0 Å². The van der Waals surface area contributed by atoms with E-state index in [1.165, 1.54) is 6.07 Å². The van der Waals surface area contributed by atoms with Crippen LogP contribution in [0.25, 0.3) is 11.0 Å². The van der Waals surface area contributed by atoms with Gasteiger partial charge in [-0.25, -0.2) is 9.37 Å². The van der Waals surface area contributed by atoms with Crippen LogP contribution in [0.5, 0.6) is 11.5 Å². The summed E-state index contributed by atoms with van der Waals surface area (Å²) in [7, 11) is 0. The number of H-pyrrole nitrogens is 1. The lowest BCUT2D eigenvalue weighted by Crippen LogP contribution is -2.36. The van der Waals surface area contributed by atoms with Gasteiger partial charge < -0.3 is 20.1 Å². The van der Waals surface area contributed by atoms with Gasteiger partial charge in [0.2, 0.25) is 0 Å². The van der Waals surface area contributed by atoms with Crippen LogP contribution in [0.4, 0.5) is 15.9 Å². The molecule has 4 rings (SSSR count). The molecular formula is C19H22FN5O2. The highest BCUT2D eigenvalue weighted by Gasteiger charge is 2.23. The first kappa shape index (κ1) is 17.5. The number of hydrogen-bond donors (Lipinski definition) is 3. The number of aliphatic hydroxyl groups is 1. The molecule has 0 bridgehead atoms. The zero-order valence-electron chi connectivity index (χ0n) is 15.1. The van der Waals surface area contributed by atoms with Crippen molar-refractivity contribution in [3.05, 3.63) is 36.3 Å². The number of nitrogens with zero attached hydrogens (tertiary/aromatic N) is 3. The van der Waals surface area contributed by atoms with E-state index in [-0.39, 0.29) is 11.9 Å². The first-order valence-corrected chi connectivity index (χ1v) is 9.13. The number of halogens is 1. The lowest BCUT2D eigenvalue weighted by molar-refractivity contribution is 0.145. The van der Waals surface area contributed by atoms with Crippen LogP contribution in [0.1, 0.15) is 19.8 Å². The number of ether oxygens (including phenoxy) is 1. The van der Waals surface area contributed by atoms with E-state index >= 15 is 0 Å². The molecule has 1 saturated heterocycles. The number of nitrogens with one attached hydrogen (secondary N) is 2.